The molecule has 0 aromatic rings. The number of rotatable bonds is 26. The molecule has 1 N–H and O–H groups in total. The van der Waals surface area contributed by atoms with Gasteiger partial charge in [-0.05, 0) is 30.7 Å². The van der Waals surface area contributed by atoms with Crippen LogP contribution in [-0.4, -0.2) is 77.5 Å². The average Bonchev–Trinajstić information content (AvgIpc) is 2.92. The van der Waals surface area contributed by atoms with Crippen LogP contribution in [0.5, 0.6) is 0 Å². The first kappa shape index (κ1) is 33.4. The summed E-state index contributed by atoms with van der Waals surface area (Å²) in [7, 11) is 0. The fourth-order valence-electron chi connectivity index (χ4n) is 3.33. The first-order chi connectivity index (χ1) is 18.4. The molecular weight excluding hydrogens is 486 g/mol. The zero-order valence-electron chi connectivity index (χ0n) is 22.7. The van der Waals surface area contributed by atoms with Crippen LogP contribution in [0.1, 0.15) is 51.4 Å². The Hall–Kier alpha value is -1.64. The molecule has 0 amide bonds. The minimum Gasteiger partial charge on any atom is -0.442 e. The number of unbranched alkanes of at least 4 members (excludes halogenated alkanes) is 7. The van der Waals surface area contributed by atoms with E-state index in [2.05, 4.69) is 30.7 Å². The van der Waals surface area contributed by atoms with Crippen molar-refractivity contribution < 1.29 is 23.4 Å². The van der Waals surface area contributed by atoms with E-state index in [4.69, 9.17) is 23.4 Å². The maximum Gasteiger partial charge on any atom is 0.320 e. The summed E-state index contributed by atoms with van der Waals surface area (Å²) < 4.78 is 27.9. The van der Waals surface area contributed by atoms with Crippen molar-refractivity contribution in [2.75, 3.05) is 71.8 Å². The zero-order chi connectivity index (χ0) is 26.5. The summed E-state index contributed by atoms with van der Waals surface area (Å²) in [5, 5.41) is 3.03. The molecule has 0 aliphatic heterocycles. The summed E-state index contributed by atoms with van der Waals surface area (Å²) in [6, 6.07) is 0. The number of ether oxygens (including phenoxy) is 4. The second kappa shape index (κ2) is 27.4. The average molecular weight is 536 g/mol. The number of thiol groups is 1. The lowest BCUT2D eigenvalue weighted by Gasteiger charge is -2.08. The Kier molecular flexibility index (Phi) is 24.7. The number of hydrogen-bond acceptors (Lipinski definition) is 6. The van der Waals surface area contributed by atoms with Crippen LogP contribution in [0.25, 0.3) is 0 Å². The van der Waals surface area contributed by atoms with Gasteiger partial charge in [-0.2, -0.15) is 30.4 Å². The van der Waals surface area contributed by atoms with Crippen molar-refractivity contribution in [3.63, 3.8) is 0 Å². The van der Waals surface area contributed by atoms with E-state index < -0.39 is 0 Å². The molecule has 1 rings (SSSR count). The number of carbonyl (C=O) groups excluding carboxylic acids is 1. The SMILES string of the molecule is C=CCN[C-]=C1C=CC(=[O+]C/C=C/COCCOCCOCCOCCCCCCCCCCS)C=C1. The molecule has 0 spiro atoms. The summed E-state index contributed by atoms with van der Waals surface area (Å²) in [6.07, 6.45) is 26.9. The molecule has 1 aliphatic carbocycles. The molecule has 0 unspecified atom stereocenters. The van der Waals surface area contributed by atoms with Gasteiger partial charge in [0.25, 0.3) is 6.61 Å². The highest BCUT2D eigenvalue weighted by Crippen LogP contribution is 2.09. The molecule has 0 heterocycles. The van der Waals surface area contributed by atoms with Gasteiger partial charge in [0.15, 0.2) is 0 Å². The second-order valence-electron chi connectivity index (χ2n) is 8.57. The third kappa shape index (κ3) is 23.2. The number of allylic oxidation sites excluding steroid dienone is 5. The second-order valence-corrected chi connectivity index (χ2v) is 9.01. The highest BCUT2D eigenvalue weighted by atomic mass is 32.1. The van der Waals surface area contributed by atoms with Crippen LogP contribution in [0.2, 0.25) is 0 Å². The van der Waals surface area contributed by atoms with Gasteiger partial charge < -0.3 is 24.3 Å². The number of nitrogens with one attached hydrogen (secondary N) is 1. The molecule has 0 bridgehead atoms. The predicted octanol–water partition coefficient (Wildman–Crippen LogP) is 5.35. The van der Waals surface area contributed by atoms with E-state index in [9.17, 15) is 0 Å². The Labute approximate surface area is 231 Å². The molecule has 0 atom stereocenters. The molecule has 7 heteroatoms. The lowest BCUT2D eigenvalue weighted by molar-refractivity contribution is -0.442. The van der Waals surface area contributed by atoms with Crippen LogP contribution in [0.4, 0.5) is 0 Å². The van der Waals surface area contributed by atoms with E-state index in [1.54, 1.807) is 6.08 Å². The molecular formula is C30H49NO5S. The Morgan fingerprint density at radius 1 is 0.730 bits per heavy atom. The largest absolute Gasteiger partial charge is 0.442 e. The van der Waals surface area contributed by atoms with Crippen LogP contribution < -0.4 is 5.32 Å². The van der Waals surface area contributed by atoms with Crippen LogP contribution in [0.3, 0.4) is 0 Å². The smallest absolute Gasteiger partial charge is 0.320 e. The van der Waals surface area contributed by atoms with E-state index >= 15 is 0 Å². The molecule has 0 saturated heterocycles. The van der Waals surface area contributed by atoms with Crippen molar-refractivity contribution >= 4 is 18.4 Å². The summed E-state index contributed by atoms with van der Waals surface area (Å²) in [4.78, 5) is 0. The van der Waals surface area contributed by atoms with Crippen molar-refractivity contribution in [2.24, 2.45) is 0 Å². The fraction of sp³-hybridized carbons (Fsp3) is 0.633. The quantitative estimate of drug-likeness (QED) is 0.0390. The van der Waals surface area contributed by atoms with Crippen molar-refractivity contribution in [3.8, 4) is 0 Å². The van der Waals surface area contributed by atoms with Crippen molar-refractivity contribution in [1.29, 1.82) is 0 Å². The van der Waals surface area contributed by atoms with E-state index in [-0.39, 0.29) is 0 Å². The van der Waals surface area contributed by atoms with Crippen molar-refractivity contribution in [2.45, 2.75) is 51.4 Å². The first-order valence-electron chi connectivity index (χ1n) is 13.8. The summed E-state index contributed by atoms with van der Waals surface area (Å²) in [5.41, 5.74) is 0.971. The van der Waals surface area contributed by atoms with E-state index in [1.807, 2.05) is 36.5 Å². The minimum atomic E-state index is 0.500. The number of ketones is 1. The monoisotopic (exact) mass is 535 g/mol. The highest BCUT2D eigenvalue weighted by Gasteiger charge is 2.01. The lowest BCUT2D eigenvalue weighted by Crippen LogP contribution is -2.12. The Morgan fingerprint density at radius 2 is 1.30 bits per heavy atom. The maximum atomic E-state index is 5.68. The standard InChI is InChI=1S/C30H49NO5S/c1-2-17-31-28-29-13-15-30(16-14-29)36-20-11-10-19-33-22-24-35-26-25-34-23-21-32-18-9-7-5-3-4-6-8-12-27-37/h2,10-11,13-16,31,37H,1,3-9,12,17-27H2/b11-10+. The van der Waals surface area contributed by atoms with E-state index in [1.165, 1.54) is 44.9 Å². The third-order valence-electron chi connectivity index (χ3n) is 5.37. The fourth-order valence-corrected chi connectivity index (χ4v) is 3.55. The van der Waals surface area contributed by atoms with Crippen LogP contribution in [0.15, 0.2) is 54.7 Å². The molecule has 1 aliphatic rings. The van der Waals surface area contributed by atoms with Crippen LogP contribution in [-0.2, 0) is 23.4 Å². The lowest BCUT2D eigenvalue weighted by atomic mass is 10.1. The molecule has 0 saturated carbocycles. The third-order valence-corrected chi connectivity index (χ3v) is 5.69. The minimum absolute atomic E-state index is 0.500. The van der Waals surface area contributed by atoms with Gasteiger partial charge in [-0.3, -0.25) is 4.42 Å². The van der Waals surface area contributed by atoms with Gasteiger partial charge in [0.1, 0.15) is 0 Å². The van der Waals surface area contributed by atoms with Crippen molar-refractivity contribution in [3.05, 3.63) is 60.9 Å². The molecule has 0 aromatic heterocycles. The van der Waals surface area contributed by atoms with Gasteiger partial charge in [0.05, 0.1) is 46.2 Å². The van der Waals surface area contributed by atoms with Gasteiger partial charge in [0, 0.05) is 19.2 Å². The van der Waals surface area contributed by atoms with Crippen LogP contribution in [0, 0.1) is 6.20 Å². The van der Waals surface area contributed by atoms with Crippen molar-refractivity contribution in [1.82, 2.24) is 5.32 Å². The van der Waals surface area contributed by atoms with E-state index in [0.717, 1.165) is 30.1 Å². The Morgan fingerprint density at radius 3 is 1.92 bits per heavy atom. The predicted molar refractivity (Wildman–Crippen MR) is 156 cm³/mol. The molecule has 210 valence electrons. The zero-order valence-corrected chi connectivity index (χ0v) is 23.6. The maximum absolute atomic E-state index is 5.68. The summed E-state index contributed by atoms with van der Waals surface area (Å²) in [5.74, 6) is 1.84. The normalized spacial score (nSPS) is 13.0. The van der Waals surface area contributed by atoms with Gasteiger partial charge in [-0.1, -0.05) is 50.7 Å². The molecule has 0 radical (unpaired) electrons. The first-order valence-corrected chi connectivity index (χ1v) is 14.4. The Bertz CT molecular complexity index is 669. The van der Waals surface area contributed by atoms with Gasteiger partial charge in [0.2, 0.25) is 0 Å². The molecule has 0 aromatic carbocycles. The highest BCUT2D eigenvalue weighted by molar-refractivity contribution is 7.80. The van der Waals surface area contributed by atoms with Gasteiger partial charge >= 0.3 is 5.78 Å². The summed E-state index contributed by atoms with van der Waals surface area (Å²) >= 11 is 4.24. The van der Waals surface area contributed by atoms with Gasteiger partial charge in [-0.25, -0.2) is 0 Å². The van der Waals surface area contributed by atoms with Gasteiger partial charge in [-0.15, -0.1) is 12.8 Å². The van der Waals surface area contributed by atoms with E-state index in [0.29, 0.717) is 59.4 Å². The summed E-state index contributed by atoms with van der Waals surface area (Å²) in [6.45, 7) is 9.75. The number of hydrogen-bond donors (Lipinski definition) is 2. The topological polar surface area (TPSA) is 60.3 Å². The Balaban J connectivity index is 1.79. The molecule has 6 nitrogen and oxygen atoms in total. The van der Waals surface area contributed by atoms with Crippen LogP contribution >= 0.6 is 12.6 Å². The molecule has 0 fully saturated rings. The molecule has 37 heavy (non-hydrogen) atoms.